The first-order valence-electron chi connectivity index (χ1n) is 8.58. The number of imidazole rings is 1. The molecule has 2 aromatic carbocycles. The molecule has 1 atom stereocenters. The second-order valence-corrected chi connectivity index (χ2v) is 6.66. The SMILES string of the molecule is CNC(=O)c1ccc2nc(C(C)C)n(-c3ccc4c(c3)NC(O)N4)c2c1. The van der Waals surface area contributed by atoms with Crippen LogP contribution in [0.4, 0.5) is 11.4 Å². The van der Waals surface area contributed by atoms with Crippen molar-refractivity contribution in [3.63, 3.8) is 0 Å². The van der Waals surface area contributed by atoms with Gasteiger partial charge in [0.2, 0.25) is 6.35 Å². The van der Waals surface area contributed by atoms with E-state index in [-0.39, 0.29) is 11.8 Å². The number of aliphatic hydroxyl groups excluding tert-OH is 1. The summed E-state index contributed by atoms with van der Waals surface area (Å²) in [7, 11) is 1.62. The molecule has 2 heterocycles. The molecule has 0 bridgehead atoms. The molecule has 1 aliphatic rings. The van der Waals surface area contributed by atoms with E-state index in [4.69, 9.17) is 4.98 Å². The predicted molar refractivity (Wildman–Crippen MR) is 102 cm³/mol. The molecular weight excluding hydrogens is 330 g/mol. The molecule has 4 rings (SSSR count). The lowest BCUT2D eigenvalue weighted by Gasteiger charge is -2.13. The zero-order valence-electron chi connectivity index (χ0n) is 14.9. The van der Waals surface area contributed by atoms with E-state index in [1.807, 2.05) is 30.3 Å². The Hall–Kier alpha value is -3.06. The maximum atomic E-state index is 12.0. The number of hydrogen-bond donors (Lipinski definition) is 4. The standard InChI is InChI=1S/C19H21N5O2/c1-10(2)17-21-14-6-4-11(18(25)20-3)8-16(14)24(17)12-5-7-13-15(9-12)23-19(26)22-13/h4-10,19,22-23,26H,1-3H3,(H,20,25). The van der Waals surface area contributed by atoms with Crippen LogP contribution in [0.3, 0.4) is 0 Å². The van der Waals surface area contributed by atoms with Crippen LogP contribution < -0.4 is 16.0 Å². The molecule has 0 radical (unpaired) electrons. The first-order valence-corrected chi connectivity index (χ1v) is 8.58. The van der Waals surface area contributed by atoms with E-state index in [1.165, 1.54) is 0 Å². The summed E-state index contributed by atoms with van der Waals surface area (Å²) in [4.78, 5) is 16.8. The summed E-state index contributed by atoms with van der Waals surface area (Å²) < 4.78 is 2.07. The van der Waals surface area contributed by atoms with Gasteiger partial charge in [-0.2, -0.15) is 0 Å². The topological polar surface area (TPSA) is 91.2 Å². The van der Waals surface area contributed by atoms with Gasteiger partial charge >= 0.3 is 0 Å². The monoisotopic (exact) mass is 351 g/mol. The Morgan fingerprint density at radius 1 is 1.19 bits per heavy atom. The summed E-state index contributed by atoms with van der Waals surface area (Å²) >= 11 is 0. The van der Waals surface area contributed by atoms with Gasteiger partial charge in [0.25, 0.3) is 5.91 Å². The molecule has 0 spiro atoms. The van der Waals surface area contributed by atoms with Crippen LogP contribution >= 0.6 is 0 Å². The third kappa shape index (κ3) is 2.57. The van der Waals surface area contributed by atoms with Crippen molar-refractivity contribution in [3.8, 4) is 5.69 Å². The predicted octanol–water partition coefficient (Wildman–Crippen LogP) is 2.62. The van der Waals surface area contributed by atoms with Gasteiger partial charge in [-0.05, 0) is 36.4 Å². The van der Waals surface area contributed by atoms with E-state index in [0.717, 1.165) is 33.9 Å². The summed E-state index contributed by atoms with van der Waals surface area (Å²) in [5.41, 5.74) is 4.91. The molecule has 0 saturated carbocycles. The van der Waals surface area contributed by atoms with Gasteiger partial charge in [-0.25, -0.2) is 4.98 Å². The average molecular weight is 351 g/mol. The molecule has 3 aromatic rings. The molecule has 134 valence electrons. The van der Waals surface area contributed by atoms with Gasteiger partial charge in [0, 0.05) is 24.2 Å². The normalized spacial score (nSPS) is 15.7. The van der Waals surface area contributed by atoms with Crippen LogP contribution in [-0.2, 0) is 0 Å². The first kappa shape index (κ1) is 16.4. The lowest BCUT2D eigenvalue weighted by Crippen LogP contribution is -2.20. The summed E-state index contributed by atoms with van der Waals surface area (Å²) in [6.07, 6.45) is -0.788. The maximum absolute atomic E-state index is 12.0. The van der Waals surface area contributed by atoms with Crippen LogP contribution in [0.15, 0.2) is 36.4 Å². The number of anilines is 2. The zero-order chi connectivity index (χ0) is 18.4. The Balaban J connectivity index is 1.93. The Labute approximate surface area is 151 Å². The van der Waals surface area contributed by atoms with E-state index < -0.39 is 6.35 Å². The Morgan fingerprint density at radius 3 is 2.69 bits per heavy atom. The molecule has 7 nitrogen and oxygen atoms in total. The summed E-state index contributed by atoms with van der Waals surface area (Å²) in [5.74, 6) is 0.991. The minimum Gasteiger partial charge on any atom is -0.357 e. The number of fused-ring (bicyclic) bond motifs is 2. The Kier molecular flexibility index (Phi) is 3.81. The minimum atomic E-state index is -0.788. The van der Waals surface area contributed by atoms with Crippen molar-refractivity contribution in [1.29, 1.82) is 0 Å². The fourth-order valence-corrected chi connectivity index (χ4v) is 3.29. The Bertz CT molecular complexity index is 1010. The highest BCUT2D eigenvalue weighted by molar-refractivity contribution is 5.97. The third-order valence-electron chi connectivity index (χ3n) is 4.53. The second-order valence-electron chi connectivity index (χ2n) is 6.66. The number of carbonyl (C=O) groups is 1. The molecule has 0 aliphatic carbocycles. The number of aliphatic hydroxyl groups is 1. The molecule has 0 saturated heterocycles. The summed E-state index contributed by atoms with van der Waals surface area (Å²) in [6.45, 7) is 4.18. The van der Waals surface area contributed by atoms with Gasteiger partial charge in [0.1, 0.15) is 5.82 Å². The maximum Gasteiger partial charge on any atom is 0.251 e. The number of amides is 1. The Morgan fingerprint density at radius 2 is 1.96 bits per heavy atom. The highest BCUT2D eigenvalue weighted by Gasteiger charge is 2.21. The average Bonchev–Trinajstić information content (AvgIpc) is 3.19. The van der Waals surface area contributed by atoms with E-state index in [0.29, 0.717) is 5.56 Å². The van der Waals surface area contributed by atoms with E-state index in [2.05, 4.69) is 34.4 Å². The number of aromatic nitrogens is 2. The fraction of sp³-hybridized carbons (Fsp3) is 0.263. The number of hydrogen-bond acceptors (Lipinski definition) is 5. The largest absolute Gasteiger partial charge is 0.357 e. The molecular formula is C19H21N5O2. The van der Waals surface area contributed by atoms with Crippen molar-refractivity contribution in [1.82, 2.24) is 14.9 Å². The van der Waals surface area contributed by atoms with Crippen molar-refractivity contribution < 1.29 is 9.90 Å². The van der Waals surface area contributed by atoms with Crippen molar-refractivity contribution in [2.24, 2.45) is 0 Å². The van der Waals surface area contributed by atoms with Gasteiger partial charge in [-0.15, -0.1) is 0 Å². The number of benzene rings is 2. The molecule has 1 aliphatic heterocycles. The van der Waals surface area contributed by atoms with Crippen LogP contribution in [0.2, 0.25) is 0 Å². The third-order valence-corrected chi connectivity index (χ3v) is 4.53. The highest BCUT2D eigenvalue weighted by Crippen LogP contribution is 2.33. The number of carbonyl (C=O) groups excluding carboxylic acids is 1. The van der Waals surface area contributed by atoms with Gasteiger partial charge in [0.15, 0.2) is 0 Å². The molecule has 7 heteroatoms. The quantitative estimate of drug-likeness (QED) is 0.582. The van der Waals surface area contributed by atoms with Crippen molar-refractivity contribution >= 4 is 28.3 Å². The van der Waals surface area contributed by atoms with Crippen molar-refractivity contribution in [2.75, 3.05) is 17.7 Å². The number of nitrogens with one attached hydrogen (secondary N) is 3. The van der Waals surface area contributed by atoms with Crippen LogP contribution in [0.25, 0.3) is 16.7 Å². The summed E-state index contributed by atoms with van der Waals surface area (Å²) in [5, 5.41) is 18.3. The van der Waals surface area contributed by atoms with Crippen LogP contribution in [0.1, 0.15) is 35.9 Å². The fourth-order valence-electron chi connectivity index (χ4n) is 3.29. The lowest BCUT2D eigenvalue weighted by molar-refractivity contribution is 0.0963. The van der Waals surface area contributed by atoms with Crippen LogP contribution in [0.5, 0.6) is 0 Å². The van der Waals surface area contributed by atoms with E-state index >= 15 is 0 Å². The zero-order valence-corrected chi connectivity index (χ0v) is 14.9. The molecule has 1 unspecified atom stereocenters. The highest BCUT2D eigenvalue weighted by atomic mass is 16.3. The number of nitrogens with zero attached hydrogens (tertiary/aromatic N) is 2. The van der Waals surface area contributed by atoms with Gasteiger partial charge in [-0.1, -0.05) is 13.8 Å². The van der Waals surface area contributed by atoms with Gasteiger partial charge in [-0.3, -0.25) is 9.36 Å². The van der Waals surface area contributed by atoms with E-state index in [9.17, 15) is 9.90 Å². The lowest BCUT2D eigenvalue weighted by atomic mass is 10.1. The number of rotatable bonds is 3. The summed E-state index contributed by atoms with van der Waals surface area (Å²) in [6, 6.07) is 11.4. The molecule has 0 fully saturated rings. The van der Waals surface area contributed by atoms with Crippen LogP contribution in [-0.4, -0.2) is 34.0 Å². The van der Waals surface area contributed by atoms with E-state index in [1.54, 1.807) is 13.1 Å². The molecule has 4 N–H and O–H groups in total. The minimum absolute atomic E-state index is 0.131. The van der Waals surface area contributed by atoms with Crippen molar-refractivity contribution in [3.05, 3.63) is 47.8 Å². The van der Waals surface area contributed by atoms with Crippen molar-refractivity contribution in [2.45, 2.75) is 26.1 Å². The first-order chi connectivity index (χ1) is 12.5. The molecule has 1 aromatic heterocycles. The molecule has 26 heavy (non-hydrogen) atoms. The van der Waals surface area contributed by atoms with Gasteiger partial charge in [0.05, 0.1) is 22.4 Å². The van der Waals surface area contributed by atoms with Gasteiger partial charge < -0.3 is 21.1 Å². The second kappa shape index (κ2) is 6.03. The smallest absolute Gasteiger partial charge is 0.251 e. The molecule has 1 amide bonds. The van der Waals surface area contributed by atoms with Crippen LogP contribution in [0, 0.1) is 0 Å².